The summed E-state index contributed by atoms with van der Waals surface area (Å²) in [6, 6.07) is 7.86. The van der Waals surface area contributed by atoms with Crippen LogP contribution >= 0.6 is 0 Å². The first-order valence-corrected chi connectivity index (χ1v) is 7.61. The number of amides is 1. The standard InChI is InChI=1S/C17H25NO3/c1-4-6-7-14-8-10-15(11-9-14)18(16(19)5-2)12-13(3)17(20)21/h8-11,13H,4-7,12H2,1-3H3,(H,20,21). The number of rotatable bonds is 8. The molecule has 0 saturated carbocycles. The summed E-state index contributed by atoms with van der Waals surface area (Å²) < 4.78 is 0. The van der Waals surface area contributed by atoms with E-state index in [-0.39, 0.29) is 12.5 Å². The normalized spacial score (nSPS) is 12.0. The molecule has 0 aliphatic rings. The Bertz CT molecular complexity index is 467. The molecule has 1 N–H and O–H groups in total. The monoisotopic (exact) mass is 291 g/mol. The summed E-state index contributed by atoms with van der Waals surface area (Å²) in [5.74, 6) is -1.52. The lowest BCUT2D eigenvalue weighted by atomic mass is 10.1. The quantitative estimate of drug-likeness (QED) is 0.797. The molecule has 4 heteroatoms. The zero-order valence-corrected chi connectivity index (χ0v) is 13.1. The third-order valence-corrected chi connectivity index (χ3v) is 3.55. The van der Waals surface area contributed by atoms with Crippen LogP contribution in [0.15, 0.2) is 24.3 Å². The highest BCUT2D eigenvalue weighted by atomic mass is 16.4. The average molecular weight is 291 g/mol. The summed E-state index contributed by atoms with van der Waals surface area (Å²) in [4.78, 5) is 24.6. The number of hydrogen-bond acceptors (Lipinski definition) is 2. The molecule has 0 aliphatic carbocycles. The van der Waals surface area contributed by atoms with E-state index < -0.39 is 11.9 Å². The van der Waals surface area contributed by atoms with Gasteiger partial charge in [-0.15, -0.1) is 0 Å². The molecule has 0 radical (unpaired) electrons. The van der Waals surface area contributed by atoms with Gasteiger partial charge in [0.05, 0.1) is 5.92 Å². The fourth-order valence-electron chi connectivity index (χ4n) is 2.12. The molecular weight excluding hydrogens is 266 g/mol. The van der Waals surface area contributed by atoms with E-state index in [2.05, 4.69) is 6.92 Å². The van der Waals surface area contributed by atoms with Gasteiger partial charge in [-0.05, 0) is 30.5 Å². The van der Waals surface area contributed by atoms with Crippen molar-refractivity contribution in [2.75, 3.05) is 11.4 Å². The Balaban J connectivity index is 2.87. The Hall–Kier alpha value is -1.84. The maximum atomic E-state index is 12.1. The zero-order valence-electron chi connectivity index (χ0n) is 13.1. The van der Waals surface area contributed by atoms with E-state index in [0.717, 1.165) is 24.9 Å². The Morgan fingerprint density at radius 1 is 1.19 bits per heavy atom. The first kappa shape index (κ1) is 17.2. The molecule has 1 atom stereocenters. The van der Waals surface area contributed by atoms with E-state index in [4.69, 9.17) is 5.11 Å². The number of aryl methyl sites for hydroxylation is 1. The topological polar surface area (TPSA) is 57.6 Å². The van der Waals surface area contributed by atoms with Gasteiger partial charge in [-0.2, -0.15) is 0 Å². The molecule has 1 unspecified atom stereocenters. The van der Waals surface area contributed by atoms with E-state index in [1.54, 1.807) is 18.7 Å². The highest BCUT2D eigenvalue weighted by Gasteiger charge is 2.20. The molecule has 0 heterocycles. The number of unbranched alkanes of at least 4 members (excludes halogenated alkanes) is 1. The number of anilines is 1. The van der Waals surface area contributed by atoms with Crippen molar-refractivity contribution in [3.63, 3.8) is 0 Å². The molecule has 1 amide bonds. The molecule has 1 aromatic rings. The lowest BCUT2D eigenvalue weighted by Crippen LogP contribution is -2.36. The largest absolute Gasteiger partial charge is 0.481 e. The maximum absolute atomic E-state index is 12.1. The predicted octanol–water partition coefficient (Wildman–Crippen LogP) is 3.49. The van der Waals surface area contributed by atoms with Crippen molar-refractivity contribution in [3.05, 3.63) is 29.8 Å². The van der Waals surface area contributed by atoms with Gasteiger partial charge in [0.2, 0.25) is 5.91 Å². The fourth-order valence-corrected chi connectivity index (χ4v) is 2.12. The zero-order chi connectivity index (χ0) is 15.8. The Labute approximate surface area is 126 Å². The second-order valence-corrected chi connectivity index (χ2v) is 5.37. The van der Waals surface area contributed by atoms with Crippen molar-refractivity contribution < 1.29 is 14.7 Å². The molecule has 0 bridgehead atoms. The second-order valence-electron chi connectivity index (χ2n) is 5.37. The Morgan fingerprint density at radius 3 is 2.29 bits per heavy atom. The second kappa shape index (κ2) is 8.45. The van der Waals surface area contributed by atoms with Gasteiger partial charge in [0.1, 0.15) is 0 Å². The number of carbonyl (C=O) groups is 2. The van der Waals surface area contributed by atoms with Crippen LogP contribution < -0.4 is 4.90 Å². The molecular formula is C17H25NO3. The lowest BCUT2D eigenvalue weighted by molar-refractivity contribution is -0.140. The van der Waals surface area contributed by atoms with Gasteiger partial charge < -0.3 is 10.0 Å². The van der Waals surface area contributed by atoms with Crippen LogP contribution in [-0.2, 0) is 16.0 Å². The van der Waals surface area contributed by atoms with Gasteiger partial charge in [-0.3, -0.25) is 9.59 Å². The van der Waals surface area contributed by atoms with Gasteiger partial charge in [0.25, 0.3) is 0 Å². The number of benzene rings is 1. The summed E-state index contributed by atoms with van der Waals surface area (Å²) in [5.41, 5.74) is 2.02. The molecule has 0 spiro atoms. The van der Waals surface area contributed by atoms with Crippen molar-refractivity contribution in [2.45, 2.75) is 46.5 Å². The molecule has 4 nitrogen and oxygen atoms in total. The molecule has 0 aromatic heterocycles. The Kier molecular flexibility index (Phi) is 6.92. The van der Waals surface area contributed by atoms with E-state index >= 15 is 0 Å². The predicted molar refractivity (Wildman–Crippen MR) is 84.5 cm³/mol. The van der Waals surface area contributed by atoms with Crippen LogP contribution in [0.25, 0.3) is 0 Å². The van der Waals surface area contributed by atoms with Crippen LogP contribution in [0.5, 0.6) is 0 Å². The van der Waals surface area contributed by atoms with Gasteiger partial charge in [0.15, 0.2) is 0 Å². The third-order valence-electron chi connectivity index (χ3n) is 3.55. The number of hydrogen-bond donors (Lipinski definition) is 1. The molecule has 21 heavy (non-hydrogen) atoms. The van der Waals surface area contributed by atoms with Gasteiger partial charge in [-0.1, -0.05) is 39.3 Å². The van der Waals surface area contributed by atoms with Gasteiger partial charge in [-0.25, -0.2) is 0 Å². The number of carboxylic acids is 1. The van der Waals surface area contributed by atoms with Gasteiger partial charge >= 0.3 is 5.97 Å². The van der Waals surface area contributed by atoms with Crippen molar-refractivity contribution in [2.24, 2.45) is 5.92 Å². The first-order valence-electron chi connectivity index (χ1n) is 7.61. The average Bonchev–Trinajstić information content (AvgIpc) is 2.50. The van der Waals surface area contributed by atoms with Crippen LogP contribution in [0.2, 0.25) is 0 Å². The van der Waals surface area contributed by atoms with Crippen LogP contribution in [0.3, 0.4) is 0 Å². The van der Waals surface area contributed by atoms with Crippen LogP contribution in [0.1, 0.15) is 45.6 Å². The minimum Gasteiger partial charge on any atom is -0.481 e. The molecule has 0 saturated heterocycles. The minimum absolute atomic E-state index is 0.0515. The lowest BCUT2D eigenvalue weighted by Gasteiger charge is -2.24. The fraction of sp³-hybridized carbons (Fsp3) is 0.529. The van der Waals surface area contributed by atoms with Crippen molar-refractivity contribution >= 4 is 17.6 Å². The molecule has 1 rings (SSSR count). The van der Waals surface area contributed by atoms with Crippen LogP contribution in [-0.4, -0.2) is 23.5 Å². The van der Waals surface area contributed by atoms with E-state index in [1.165, 1.54) is 5.56 Å². The number of nitrogens with zero attached hydrogens (tertiary/aromatic N) is 1. The Morgan fingerprint density at radius 2 is 1.81 bits per heavy atom. The molecule has 0 fully saturated rings. The van der Waals surface area contributed by atoms with E-state index in [9.17, 15) is 9.59 Å². The molecule has 0 aliphatic heterocycles. The van der Waals surface area contributed by atoms with Gasteiger partial charge in [0, 0.05) is 18.7 Å². The summed E-state index contributed by atoms with van der Waals surface area (Å²) in [6.45, 7) is 5.77. The SMILES string of the molecule is CCCCc1ccc(N(CC(C)C(=O)O)C(=O)CC)cc1. The van der Waals surface area contributed by atoms with Crippen LogP contribution in [0, 0.1) is 5.92 Å². The highest BCUT2D eigenvalue weighted by Crippen LogP contribution is 2.19. The van der Waals surface area contributed by atoms with Crippen molar-refractivity contribution in [1.29, 1.82) is 0 Å². The summed E-state index contributed by atoms with van der Waals surface area (Å²) in [5, 5.41) is 9.04. The smallest absolute Gasteiger partial charge is 0.308 e. The molecule has 116 valence electrons. The van der Waals surface area contributed by atoms with Crippen LogP contribution in [0.4, 0.5) is 5.69 Å². The molecule has 1 aromatic carbocycles. The van der Waals surface area contributed by atoms with E-state index in [1.807, 2.05) is 24.3 Å². The summed E-state index contributed by atoms with van der Waals surface area (Å²) in [7, 11) is 0. The first-order chi connectivity index (χ1) is 9.99. The summed E-state index contributed by atoms with van der Waals surface area (Å²) in [6.07, 6.45) is 3.69. The third kappa shape index (κ3) is 5.21. The minimum atomic E-state index is -0.886. The van der Waals surface area contributed by atoms with Crippen molar-refractivity contribution in [1.82, 2.24) is 0 Å². The van der Waals surface area contributed by atoms with Crippen molar-refractivity contribution in [3.8, 4) is 0 Å². The number of carboxylic acid groups (broad SMARTS) is 1. The number of carbonyl (C=O) groups excluding carboxylic acids is 1. The number of aliphatic carboxylic acids is 1. The highest BCUT2D eigenvalue weighted by molar-refractivity contribution is 5.93. The summed E-state index contributed by atoms with van der Waals surface area (Å²) >= 11 is 0. The maximum Gasteiger partial charge on any atom is 0.308 e. The van der Waals surface area contributed by atoms with E-state index in [0.29, 0.717) is 6.42 Å².